The molecular formula is C51H32N4S2. The predicted octanol–water partition coefficient (Wildman–Crippen LogP) is 14.3. The first-order chi connectivity index (χ1) is 28.1. The molecule has 0 radical (unpaired) electrons. The van der Waals surface area contributed by atoms with E-state index in [0.29, 0.717) is 17.5 Å². The van der Waals surface area contributed by atoms with Crippen molar-refractivity contribution in [1.29, 1.82) is 0 Å². The lowest BCUT2D eigenvalue weighted by Crippen LogP contribution is -2.00. The molecule has 268 valence electrons. The van der Waals surface area contributed by atoms with Crippen LogP contribution in [0.25, 0.3) is 108 Å². The fraction of sp³-hybridized carbons (Fsp3) is 0.0196. The first-order valence-electron chi connectivity index (χ1n) is 18.9. The zero-order valence-electron chi connectivity index (χ0n) is 30.8. The Balaban J connectivity index is 1.15. The van der Waals surface area contributed by atoms with E-state index in [-0.39, 0.29) is 0 Å². The van der Waals surface area contributed by atoms with Gasteiger partial charge in [0.2, 0.25) is 0 Å². The third-order valence-corrected chi connectivity index (χ3v) is 13.2. The summed E-state index contributed by atoms with van der Waals surface area (Å²) in [7, 11) is 0. The number of nitrogens with zero attached hydrogens (tertiary/aromatic N) is 4. The van der Waals surface area contributed by atoms with Crippen molar-refractivity contribution in [2.45, 2.75) is 6.92 Å². The van der Waals surface area contributed by atoms with E-state index in [0.717, 1.165) is 38.9 Å². The second kappa shape index (κ2) is 13.7. The number of hydrogen-bond donors (Lipinski definition) is 0. The van der Waals surface area contributed by atoms with E-state index in [1.165, 1.54) is 57.0 Å². The predicted molar refractivity (Wildman–Crippen MR) is 241 cm³/mol. The number of pyridine rings is 1. The van der Waals surface area contributed by atoms with Gasteiger partial charge in [-0.1, -0.05) is 127 Å². The highest BCUT2D eigenvalue weighted by Crippen LogP contribution is 2.44. The number of aryl methyl sites for hydroxylation is 1. The summed E-state index contributed by atoms with van der Waals surface area (Å²) in [6.07, 6.45) is 3.75. The Hall–Kier alpha value is -6.86. The van der Waals surface area contributed by atoms with Crippen LogP contribution in [-0.2, 0) is 0 Å². The molecule has 0 aliphatic heterocycles. The number of fused-ring (bicyclic) bond motifs is 6. The molecule has 0 spiro atoms. The third-order valence-electron chi connectivity index (χ3n) is 10.8. The lowest BCUT2D eigenvalue weighted by Gasteiger charge is -2.13. The first kappa shape index (κ1) is 33.5. The first-order valence-corrected chi connectivity index (χ1v) is 20.6. The van der Waals surface area contributed by atoms with Gasteiger partial charge < -0.3 is 0 Å². The molecule has 0 amide bonds. The van der Waals surface area contributed by atoms with Crippen molar-refractivity contribution in [3.05, 3.63) is 182 Å². The Morgan fingerprint density at radius 2 is 0.842 bits per heavy atom. The van der Waals surface area contributed by atoms with Gasteiger partial charge in [0, 0.05) is 75.0 Å². The minimum absolute atomic E-state index is 0.624. The number of benzene rings is 7. The van der Waals surface area contributed by atoms with Crippen molar-refractivity contribution < 1.29 is 0 Å². The van der Waals surface area contributed by atoms with Gasteiger partial charge in [0.25, 0.3) is 0 Å². The molecule has 0 N–H and O–H groups in total. The second-order valence-corrected chi connectivity index (χ2v) is 16.4. The zero-order valence-corrected chi connectivity index (χ0v) is 32.5. The summed E-state index contributed by atoms with van der Waals surface area (Å²) >= 11 is 3.70. The maximum Gasteiger partial charge on any atom is 0.164 e. The minimum Gasteiger partial charge on any atom is -0.264 e. The Kier molecular flexibility index (Phi) is 8.05. The third kappa shape index (κ3) is 5.89. The lowest BCUT2D eigenvalue weighted by molar-refractivity contribution is 1.07. The average Bonchev–Trinajstić information content (AvgIpc) is 3.85. The van der Waals surface area contributed by atoms with E-state index in [1.54, 1.807) is 0 Å². The van der Waals surface area contributed by atoms with Gasteiger partial charge in [-0.05, 0) is 76.7 Å². The number of aromatic nitrogens is 4. The maximum absolute atomic E-state index is 5.25. The lowest BCUT2D eigenvalue weighted by atomic mass is 9.94. The van der Waals surface area contributed by atoms with Gasteiger partial charge in [0.1, 0.15) is 0 Å². The van der Waals surface area contributed by atoms with E-state index in [9.17, 15) is 0 Å². The molecule has 0 saturated carbocycles. The van der Waals surface area contributed by atoms with Gasteiger partial charge in [-0.2, -0.15) is 0 Å². The fourth-order valence-corrected chi connectivity index (χ4v) is 10.4. The normalized spacial score (nSPS) is 11.6. The van der Waals surface area contributed by atoms with Gasteiger partial charge in [-0.15, -0.1) is 22.7 Å². The summed E-state index contributed by atoms with van der Waals surface area (Å²) in [6, 6.07) is 58.3. The quantitative estimate of drug-likeness (QED) is 0.169. The van der Waals surface area contributed by atoms with Crippen LogP contribution in [0, 0.1) is 6.92 Å². The van der Waals surface area contributed by atoms with Crippen LogP contribution >= 0.6 is 22.7 Å². The molecule has 11 aromatic rings. The summed E-state index contributed by atoms with van der Waals surface area (Å²) in [5, 5.41) is 5.10. The SMILES string of the molecule is Cc1ccncc1-c1ccc(-c2nc(-c3ccccc3)nc(-c3cc(-c4cccc5c4sc4ccccc45)cc(-c4cccc5c4sc4ccccc45)c3)n2)cc1. The van der Waals surface area contributed by atoms with E-state index < -0.39 is 0 Å². The minimum atomic E-state index is 0.624. The van der Waals surface area contributed by atoms with Crippen molar-refractivity contribution in [3.63, 3.8) is 0 Å². The molecule has 0 aliphatic rings. The van der Waals surface area contributed by atoms with Crippen LogP contribution < -0.4 is 0 Å². The zero-order chi connectivity index (χ0) is 37.9. The average molecular weight is 765 g/mol. The maximum atomic E-state index is 5.25. The molecule has 7 aromatic carbocycles. The van der Waals surface area contributed by atoms with E-state index in [1.807, 2.05) is 59.3 Å². The molecule has 0 bridgehead atoms. The molecule has 0 atom stereocenters. The van der Waals surface area contributed by atoms with Crippen molar-refractivity contribution in [1.82, 2.24) is 19.9 Å². The highest BCUT2D eigenvalue weighted by molar-refractivity contribution is 7.26. The van der Waals surface area contributed by atoms with Crippen LogP contribution in [0.3, 0.4) is 0 Å². The van der Waals surface area contributed by atoms with E-state index in [4.69, 9.17) is 15.0 Å². The summed E-state index contributed by atoms with van der Waals surface area (Å²) in [4.78, 5) is 19.9. The highest BCUT2D eigenvalue weighted by atomic mass is 32.1. The van der Waals surface area contributed by atoms with Crippen molar-refractivity contribution in [2.75, 3.05) is 0 Å². The van der Waals surface area contributed by atoms with Crippen LogP contribution in [0.1, 0.15) is 5.56 Å². The summed E-state index contributed by atoms with van der Waals surface area (Å²) in [5.41, 5.74) is 10.8. The molecule has 0 aliphatic carbocycles. The van der Waals surface area contributed by atoms with E-state index in [2.05, 4.69) is 151 Å². The highest BCUT2D eigenvalue weighted by Gasteiger charge is 2.19. The van der Waals surface area contributed by atoms with Crippen LogP contribution in [0.4, 0.5) is 0 Å². The molecule has 4 heterocycles. The van der Waals surface area contributed by atoms with Crippen LogP contribution in [-0.4, -0.2) is 19.9 Å². The molecule has 57 heavy (non-hydrogen) atoms. The standard InChI is InChI=1S/C51H32N4S2/c1-31-25-26-52-30-44(31)32-21-23-34(24-22-32)50-53-49(33-11-3-2-4-12-33)54-51(55-50)37-28-35(38-15-9-17-42-40-13-5-7-19-45(40)56-47(38)42)27-36(29-37)39-16-10-18-43-41-14-6-8-20-46(41)57-48(39)43/h2-30H,1H3. The number of hydrogen-bond acceptors (Lipinski definition) is 6. The van der Waals surface area contributed by atoms with Gasteiger partial charge in [-0.3, -0.25) is 4.98 Å². The van der Waals surface area contributed by atoms with E-state index >= 15 is 0 Å². The second-order valence-electron chi connectivity index (χ2n) is 14.3. The van der Waals surface area contributed by atoms with Gasteiger partial charge in [0.05, 0.1) is 0 Å². The van der Waals surface area contributed by atoms with Crippen molar-refractivity contribution >= 4 is 63.0 Å². The topological polar surface area (TPSA) is 51.6 Å². The Bertz CT molecular complexity index is 3180. The molecule has 0 saturated heterocycles. The summed E-state index contributed by atoms with van der Waals surface area (Å²) in [5.74, 6) is 1.88. The Morgan fingerprint density at radius 1 is 0.368 bits per heavy atom. The van der Waals surface area contributed by atoms with Crippen LogP contribution in [0.5, 0.6) is 0 Å². The van der Waals surface area contributed by atoms with Gasteiger partial charge in [0.15, 0.2) is 17.5 Å². The molecule has 0 fully saturated rings. The monoisotopic (exact) mass is 764 g/mol. The molecule has 6 heteroatoms. The molecule has 4 aromatic heterocycles. The van der Waals surface area contributed by atoms with Crippen LogP contribution in [0.15, 0.2) is 176 Å². The number of thiophene rings is 2. The largest absolute Gasteiger partial charge is 0.264 e. The summed E-state index contributed by atoms with van der Waals surface area (Å²) < 4.78 is 5.11. The Labute approximate surface area is 337 Å². The fourth-order valence-electron chi connectivity index (χ4n) is 7.93. The van der Waals surface area contributed by atoms with Crippen molar-refractivity contribution in [3.8, 4) is 67.5 Å². The van der Waals surface area contributed by atoms with Crippen molar-refractivity contribution in [2.24, 2.45) is 0 Å². The van der Waals surface area contributed by atoms with Crippen LogP contribution in [0.2, 0.25) is 0 Å². The smallest absolute Gasteiger partial charge is 0.164 e. The Morgan fingerprint density at radius 3 is 1.42 bits per heavy atom. The van der Waals surface area contributed by atoms with Gasteiger partial charge >= 0.3 is 0 Å². The molecule has 0 unspecified atom stereocenters. The molecule has 4 nitrogen and oxygen atoms in total. The number of rotatable bonds is 6. The molecular weight excluding hydrogens is 733 g/mol. The summed E-state index contributed by atoms with van der Waals surface area (Å²) in [6.45, 7) is 2.11. The van der Waals surface area contributed by atoms with Gasteiger partial charge in [-0.25, -0.2) is 15.0 Å². The molecule has 11 rings (SSSR count).